The summed E-state index contributed by atoms with van der Waals surface area (Å²) in [6.45, 7) is 2.39. The van der Waals surface area contributed by atoms with Crippen molar-refractivity contribution >= 4 is 17.1 Å². The highest BCUT2D eigenvalue weighted by atomic mass is 16.5. The first-order valence-electron chi connectivity index (χ1n) is 11.1. The fourth-order valence-corrected chi connectivity index (χ4v) is 4.26. The van der Waals surface area contributed by atoms with Crippen molar-refractivity contribution in [3.05, 3.63) is 58.1 Å². The van der Waals surface area contributed by atoms with Gasteiger partial charge in [-0.3, -0.25) is 4.79 Å². The Hall–Kier alpha value is -3.35. The van der Waals surface area contributed by atoms with Gasteiger partial charge in [0.15, 0.2) is 11.5 Å². The molecular weight excluding hydrogens is 406 g/mol. The lowest BCUT2D eigenvalue weighted by Gasteiger charge is -2.22. The van der Waals surface area contributed by atoms with Crippen molar-refractivity contribution in [2.75, 3.05) is 20.8 Å². The summed E-state index contributed by atoms with van der Waals surface area (Å²) in [6.07, 6.45) is 7.19. The van der Waals surface area contributed by atoms with Crippen molar-refractivity contribution in [1.82, 2.24) is 9.66 Å². The van der Waals surface area contributed by atoms with Gasteiger partial charge in [-0.2, -0.15) is 9.78 Å². The first kappa shape index (κ1) is 21.9. The Morgan fingerprint density at radius 3 is 2.44 bits per heavy atom. The van der Waals surface area contributed by atoms with E-state index < -0.39 is 0 Å². The minimum Gasteiger partial charge on any atom is -0.493 e. The third-order valence-corrected chi connectivity index (χ3v) is 5.84. The summed E-state index contributed by atoms with van der Waals surface area (Å²) in [6, 6.07) is 11.1. The van der Waals surface area contributed by atoms with Crippen LogP contribution < -0.4 is 19.8 Å². The lowest BCUT2D eigenvalue weighted by atomic mass is 9.88. The molecule has 1 saturated carbocycles. The Labute approximate surface area is 187 Å². The molecule has 3 aromatic rings. The van der Waals surface area contributed by atoms with Gasteiger partial charge in [0.2, 0.25) is 5.75 Å². The van der Waals surface area contributed by atoms with Crippen molar-refractivity contribution in [3.63, 3.8) is 0 Å². The number of fused-ring (bicyclic) bond motifs is 1. The van der Waals surface area contributed by atoms with E-state index in [-0.39, 0.29) is 11.5 Å². The second kappa shape index (κ2) is 9.85. The maximum atomic E-state index is 13.3. The fraction of sp³-hybridized carbons (Fsp3) is 0.400. The molecule has 0 amide bonds. The number of hydrogen-bond acceptors (Lipinski definition) is 6. The van der Waals surface area contributed by atoms with Crippen LogP contribution in [0.3, 0.4) is 0 Å². The monoisotopic (exact) mass is 435 g/mol. The van der Waals surface area contributed by atoms with Gasteiger partial charge in [0.1, 0.15) is 5.82 Å². The van der Waals surface area contributed by atoms with Crippen molar-refractivity contribution in [2.24, 2.45) is 5.10 Å². The number of ether oxygens (including phenoxy) is 3. The van der Waals surface area contributed by atoms with E-state index in [2.05, 4.69) is 5.10 Å². The predicted molar refractivity (Wildman–Crippen MR) is 126 cm³/mol. The molecule has 0 N–H and O–H groups in total. The van der Waals surface area contributed by atoms with Crippen LogP contribution in [0.15, 0.2) is 46.3 Å². The van der Waals surface area contributed by atoms with E-state index in [0.29, 0.717) is 34.8 Å². The number of hydrogen-bond donors (Lipinski definition) is 0. The standard InChI is InChI=1S/C25H29N3O4/c1-4-32-23-21(30-2)14-17(15-22(23)31-3)16-26-28-24(18-10-6-5-7-11-18)27-20-13-9-8-12-19(20)25(28)29/h8-9,12-16,18H,4-7,10-11H2,1-3H3. The normalized spacial score (nSPS) is 14.7. The molecule has 0 aliphatic heterocycles. The molecule has 0 saturated heterocycles. The summed E-state index contributed by atoms with van der Waals surface area (Å²) < 4.78 is 18.1. The molecule has 0 radical (unpaired) electrons. The van der Waals surface area contributed by atoms with Crippen LogP contribution in [-0.2, 0) is 0 Å². The van der Waals surface area contributed by atoms with E-state index in [0.717, 1.165) is 37.1 Å². The average molecular weight is 436 g/mol. The smallest absolute Gasteiger partial charge is 0.282 e. The summed E-state index contributed by atoms with van der Waals surface area (Å²) in [5.74, 6) is 2.59. The third-order valence-electron chi connectivity index (χ3n) is 5.84. The van der Waals surface area contributed by atoms with E-state index >= 15 is 0 Å². The zero-order valence-corrected chi connectivity index (χ0v) is 18.8. The fourth-order valence-electron chi connectivity index (χ4n) is 4.26. The molecule has 2 aromatic carbocycles. The molecule has 1 aliphatic carbocycles. The van der Waals surface area contributed by atoms with Crippen molar-refractivity contribution in [1.29, 1.82) is 0 Å². The molecule has 168 valence electrons. The van der Waals surface area contributed by atoms with Gasteiger partial charge in [0.05, 0.1) is 37.9 Å². The van der Waals surface area contributed by atoms with E-state index in [9.17, 15) is 4.79 Å². The van der Waals surface area contributed by atoms with Crippen LogP contribution in [0.25, 0.3) is 10.9 Å². The topological polar surface area (TPSA) is 74.9 Å². The van der Waals surface area contributed by atoms with Gasteiger partial charge in [-0.15, -0.1) is 0 Å². The summed E-state index contributed by atoms with van der Waals surface area (Å²) >= 11 is 0. The van der Waals surface area contributed by atoms with Crippen molar-refractivity contribution in [3.8, 4) is 17.2 Å². The molecule has 4 rings (SSSR count). The van der Waals surface area contributed by atoms with E-state index in [1.807, 2.05) is 37.3 Å². The molecule has 1 aromatic heterocycles. The van der Waals surface area contributed by atoms with Gasteiger partial charge in [-0.25, -0.2) is 4.98 Å². The quantitative estimate of drug-likeness (QED) is 0.501. The Bertz CT molecular complexity index is 1150. The molecular formula is C25H29N3O4. The number of methoxy groups -OCH3 is 2. The average Bonchev–Trinajstić information content (AvgIpc) is 2.84. The summed E-state index contributed by atoms with van der Waals surface area (Å²) in [7, 11) is 3.16. The number of aromatic nitrogens is 2. The van der Waals surface area contributed by atoms with Crippen molar-refractivity contribution in [2.45, 2.75) is 44.9 Å². The molecule has 7 heteroatoms. The molecule has 7 nitrogen and oxygen atoms in total. The Morgan fingerprint density at radius 2 is 1.78 bits per heavy atom. The van der Waals surface area contributed by atoms with Crippen LogP contribution in [0.1, 0.15) is 56.3 Å². The summed E-state index contributed by atoms with van der Waals surface area (Å²) in [5.41, 5.74) is 1.29. The van der Waals surface area contributed by atoms with Crippen molar-refractivity contribution < 1.29 is 14.2 Å². The second-order valence-corrected chi connectivity index (χ2v) is 7.87. The number of benzene rings is 2. The number of rotatable bonds is 7. The van der Waals surface area contributed by atoms with Crippen LogP contribution in [-0.4, -0.2) is 36.7 Å². The number of para-hydroxylation sites is 1. The van der Waals surface area contributed by atoms with Gasteiger partial charge in [-0.1, -0.05) is 31.4 Å². The predicted octanol–water partition coefficient (Wildman–Crippen LogP) is 4.74. The zero-order chi connectivity index (χ0) is 22.5. The lowest BCUT2D eigenvalue weighted by Crippen LogP contribution is -2.25. The van der Waals surface area contributed by atoms with Gasteiger partial charge in [-0.05, 0) is 44.0 Å². The molecule has 0 atom stereocenters. The first-order valence-corrected chi connectivity index (χ1v) is 11.1. The highest BCUT2D eigenvalue weighted by Gasteiger charge is 2.22. The van der Waals surface area contributed by atoms with Crippen LogP contribution in [0, 0.1) is 0 Å². The Morgan fingerprint density at radius 1 is 1.09 bits per heavy atom. The minimum absolute atomic E-state index is 0.155. The molecule has 1 fully saturated rings. The molecule has 0 spiro atoms. The van der Waals surface area contributed by atoms with Gasteiger partial charge < -0.3 is 14.2 Å². The highest BCUT2D eigenvalue weighted by Crippen LogP contribution is 2.38. The Balaban J connectivity index is 1.81. The van der Waals surface area contributed by atoms with E-state index in [4.69, 9.17) is 19.2 Å². The van der Waals surface area contributed by atoms with E-state index in [1.54, 1.807) is 26.5 Å². The van der Waals surface area contributed by atoms with Crippen LogP contribution in [0.4, 0.5) is 0 Å². The molecule has 32 heavy (non-hydrogen) atoms. The molecule has 0 bridgehead atoms. The van der Waals surface area contributed by atoms with Crippen LogP contribution >= 0.6 is 0 Å². The van der Waals surface area contributed by atoms with Gasteiger partial charge in [0, 0.05) is 11.5 Å². The molecule has 1 heterocycles. The summed E-state index contributed by atoms with van der Waals surface area (Å²) in [5, 5.41) is 5.15. The maximum Gasteiger partial charge on any atom is 0.282 e. The first-order chi connectivity index (χ1) is 15.7. The van der Waals surface area contributed by atoms with Gasteiger partial charge in [0.25, 0.3) is 5.56 Å². The second-order valence-electron chi connectivity index (χ2n) is 7.87. The largest absolute Gasteiger partial charge is 0.493 e. The maximum absolute atomic E-state index is 13.3. The number of nitrogens with zero attached hydrogens (tertiary/aromatic N) is 3. The highest BCUT2D eigenvalue weighted by molar-refractivity contribution is 5.83. The van der Waals surface area contributed by atoms with Crippen LogP contribution in [0.2, 0.25) is 0 Å². The SMILES string of the molecule is CCOc1c(OC)cc(C=Nn2c(C3CCCCC3)nc3ccccc3c2=O)cc1OC. The molecule has 1 aliphatic rings. The van der Waals surface area contributed by atoms with Gasteiger partial charge >= 0.3 is 0 Å². The zero-order valence-electron chi connectivity index (χ0n) is 18.8. The molecule has 0 unspecified atom stereocenters. The Kier molecular flexibility index (Phi) is 6.73. The lowest BCUT2D eigenvalue weighted by molar-refractivity contribution is 0.288. The van der Waals surface area contributed by atoms with E-state index in [1.165, 1.54) is 11.1 Å². The third kappa shape index (κ3) is 4.33. The van der Waals surface area contributed by atoms with Crippen LogP contribution in [0.5, 0.6) is 17.2 Å². The minimum atomic E-state index is -0.155. The summed E-state index contributed by atoms with van der Waals surface area (Å²) in [4.78, 5) is 18.2.